The van der Waals surface area contributed by atoms with Crippen LogP contribution in [-0.4, -0.2) is 60.4 Å². The van der Waals surface area contributed by atoms with E-state index in [4.69, 9.17) is 0 Å². The van der Waals surface area contributed by atoms with Gasteiger partial charge >= 0.3 is 12.4 Å². The number of likely N-dealkylation sites (tertiary alicyclic amines) is 2. The van der Waals surface area contributed by atoms with Crippen molar-refractivity contribution in [2.45, 2.75) is 57.4 Å². The zero-order valence-corrected chi connectivity index (χ0v) is 18.9. The van der Waals surface area contributed by atoms with Crippen molar-refractivity contribution in [3.63, 3.8) is 0 Å². The maximum Gasteiger partial charge on any atom is 0.416 e. The third-order valence-electron chi connectivity index (χ3n) is 6.59. The minimum atomic E-state index is -5.01. The Hall–Kier alpha value is -2.30. The lowest BCUT2D eigenvalue weighted by atomic mass is 9.96. The van der Waals surface area contributed by atoms with Gasteiger partial charge in [-0.1, -0.05) is 0 Å². The molecule has 2 fully saturated rings. The van der Waals surface area contributed by atoms with Gasteiger partial charge in [0, 0.05) is 24.7 Å². The summed E-state index contributed by atoms with van der Waals surface area (Å²) in [6.45, 7) is 4.56. The molecule has 0 spiro atoms. The van der Waals surface area contributed by atoms with Crippen molar-refractivity contribution in [3.05, 3.63) is 34.9 Å². The van der Waals surface area contributed by atoms with Crippen LogP contribution in [0.4, 0.5) is 26.3 Å². The maximum atomic E-state index is 13.0. The molecule has 1 unspecified atom stereocenters. The predicted molar refractivity (Wildman–Crippen MR) is 113 cm³/mol. The van der Waals surface area contributed by atoms with Crippen LogP contribution in [0.25, 0.3) is 0 Å². The fraction of sp³-hybridized carbons (Fsp3) is 0.652. The van der Waals surface area contributed by atoms with E-state index in [0.717, 1.165) is 25.8 Å². The van der Waals surface area contributed by atoms with Crippen molar-refractivity contribution >= 4 is 11.8 Å². The highest BCUT2D eigenvalue weighted by Gasteiger charge is 2.37. The molecule has 34 heavy (non-hydrogen) atoms. The lowest BCUT2D eigenvalue weighted by Crippen LogP contribution is -2.48. The molecule has 1 atom stereocenters. The Labute approximate surface area is 194 Å². The van der Waals surface area contributed by atoms with Crippen LogP contribution < -0.4 is 5.32 Å². The summed E-state index contributed by atoms with van der Waals surface area (Å²) in [7, 11) is 0. The maximum absolute atomic E-state index is 13.0. The van der Waals surface area contributed by atoms with Gasteiger partial charge in [-0.2, -0.15) is 26.3 Å². The highest BCUT2D eigenvalue weighted by atomic mass is 19.4. The van der Waals surface area contributed by atoms with Crippen LogP contribution in [-0.2, 0) is 17.1 Å². The molecule has 3 rings (SSSR count). The van der Waals surface area contributed by atoms with E-state index in [-0.39, 0.29) is 30.5 Å². The Balaban J connectivity index is 1.52. The standard InChI is InChI=1S/C23H29F6N3O2/c1-15-4-2-3-7-32(15)20(33)14-31-8-5-16(6-9-31)13-30-21(34)17-10-18(22(24,25)26)12-19(11-17)23(27,28)29/h10-12,15-16H,2-9,13-14H2,1H3,(H,30,34). The van der Waals surface area contributed by atoms with Crippen LogP contribution in [0.5, 0.6) is 0 Å². The zero-order valence-electron chi connectivity index (χ0n) is 18.9. The number of carbonyl (C=O) groups excluding carboxylic acids is 2. The van der Waals surface area contributed by atoms with Crippen LogP contribution in [0.15, 0.2) is 18.2 Å². The first-order valence-electron chi connectivity index (χ1n) is 11.4. The van der Waals surface area contributed by atoms with E-state index in [1.807, 2.05) is 16.7 Å². The summed E-state index contributed by atoms with van der Waals surface area (Å²) in [4.78, 5) is 28.9. The topological polar surface area (TPSA) is 52.7 Å². The predicted octanol–water partition coefficient (Wildman–Crippen LogP) is 4.57. The summed E-state index contributed by atoms with van der Waals surface area (Å²) in [6.07, 6.45) is -5.55. The molecule has 1 N–H and O–H groups in total. The van der Waals surface area contributed by atoms with Crippen LogP contribution in [0.3, 0.4) is 0 Å². The van der Waals surface area contributed by atoms with Gasteiger partial charge in [-0.05, 0) is 76.2 Å². The molecule has 0 bridgehead atoms. The van der Waals surface area contributed by atoms with Crippen molar-refractivity contribution in [2.75, 3.05) is 32.7 Å². The van der Waals surface area contributed by atoms with Gasteiger partial charge in [-0.25, -0.2) is 0 Å². The van der Waals surface area contributed by atoms with E-state index in [1.54, 1.807) is 0 Å². The molecule has 190 valence electrons. The van der Waals surface area contributed by atoms with E-state index in [2.05, 4.69) is 5.32 Å². The molecule has 1 aromatic rings. The van der Waals surface area contributed by atoms with Gasteiger partial charge in [0.05, 0.1) is 17.7 Å². The second-order valence-electron chi connectivity index (χ2n) is 9.16. The molecule has 5 nitrogen and oxygen atoms in total. The van der Waals surface area contributed by atoms with Crippen molar-refractivity contribution in [1.29, 1.82) is 0 Å². The first-order valence-corrected chi connectivity index (χ1v) is 11.4. The fourth-order valence-corrected chi connectivity index (χ4v) is 4.52. The van der Waals surface area contributed by atoms with Gasteiger partial charge in [0.25, 0.3) is 5.91 Å². The highest BCUT2D eigenvalue weighted by molar-refractivity contribution is 5.94. The number of carbonyl (C=O) groups is 2. The Bertz CT molecular complexity index is 846. The molecule has 2 saturated heterocycles. The first kappa shape index (κ1) is 26.3. The van der Waals surface area contributed by atoms with Crippen molar-refractivity contribution in [3.8, 4) is 0 Å². The minimum Gasteiger partial charge on any atom is -0.352 e. The average molecular weight is 493 g/mol. The number of alkyl halides is 6. The number of piperidine rings is 2. The number of nitrogens with one attached hydrogen (secondary N) is 1. The van der Waals surface area contributed by atoms with Crippen LogP contribution in [0.2, 0.25) is 0 Å². The van der Waals surface area contributed by atoms with E-state index in [0.29, 0.717) is 44.6 Å². The Morgan fingerprint density at radius 2 is 1.50 bits per heavy atom. The van der Waals surface area contributed by atoms with Gasteiger partial charge in [0.2, 0.25) is 5.91 Å². The van der Waals surface area contributed by atoms with Gasteiger partial charge in [0.15, 0.2) is 0 Å². The quantitative estimate of drug-likeness (QED) is 0.612. The molecular weight excluding hydrogens is 464 g/mol. The summed E-state index contributed by atoms with van der Waals surface area (Å²) in [6, 6.07) is 1.10. The number of benzene rings is 1. The second kappa shape index (κ2) is 10.5. The summed E-state index contributed by atoms with van der Waals surface area (Å²) in [5.41, 5.74) is -3.72. The summed E-state index contributed by atoms with van der Waals surface area (Å²) in [5.74, 6) is -0.852. The monoisotopic (exact) mass is 493 g/mol. The van der Waals surface area contributed by atoms with E-state index >= 15 is 0 Å². The van der Waals surface area contributed by atoms with Gasteiger partial charge in [-0.3, -0.25) is 14.5 Å². The smallest absolute Gasteiger partial charge is 0.352 e. The molecule has 2 aliphatic rings. The normalized spacial score (nSPS) is 20.9. The third kappa shape index (κ3) is 6.86. The lowest BCUT2D eigenvalue weighted by molar-refractivity contribution is -0.143. The Morgan fingerprint density at radius 3 is 2.03 bits per heavy atom. The molecule has 0 saturated carbocycles. The highest BCUT2D eigenvalue weighted by Crippen LogP contribution is 2.36. The molecule has 0 aromatic heterocycles. The third-order valence-corrected chi connectivity index (χ3v) is 6.59. The molecular formula is C23H29F6N3O2. The Morgan fingerprint density at radius 1 is 0.912 bits per heavy atom. The summed E-state index contributed by atoms with van der Waals surface area (Å²) >= 11 is 0. The first-order chi connectivity index (χ1) is 15.8. The second-order valence-corrected chi connectivity index (χ2v) is 9.16. The van der Waals surface area contributed by atoms with Crippen LogP contribution in [0, 0.1) is 5.92 Å². The van der Waals surface area contributed by atoms with Gasteiger partial charge in [-0.15, -0.1) is 0 Å². The number of hydrogen-bond donors (Lipinski definition) is 1. The molecule has 11 heteroatoms. The fourth-order valence-electron chi connectivity index (χ4n) is 4.52. The summed E-state index contributed by atoms with van der Waals surface area (Å²) in [5, 5.41) is 2.47. The van der Waals surface area contributed by atoms with Crippen LogP contribution >= 0.6 is 0 Å². The lowest BCUT2D eigenvalue weighted by Gasteiger charge is -2.37. The molecule has 2 heterocycles. The largest absolute Gasteiger partial charge is 0.416 e. The van der Waals surface area contributed by atoms with E-state index in [9.17, 15) is 35.9 Å². The number of amides is 2. The number of nitrogens with zero attached hydrogens (tertiary/aromatic N) is 2. The zero-order chi connectivity index (χ0) is 25.1. The van der Waals surface area contributed by atoms with Gasteiger partial charge in [0.1, 0.15) is 0 Å². The van der Waals surface area contributed by atoms with Crippen molar-refractivity contribution in [2.24, 2.45) is 5.92 Å². The van der Waals surface area contributed by atoms with E-state index < -0.39 is 35.0 Å². The van der Waals surface area contributed by atoms with Crippen molar-refractivity contribution in [1.82, 2.24) is 15.1 Å². The van der Waals surface area contributed by atoms with Crippen LogP contribution in [0.1, 0.15) is 60.5 Å². The SMILES string of the molecule is CC1CCCCN1C(=O)CN1CCC(CNC(=O)c2cc(C(F)(F)F)cc(C(F)(F)F)c2)CC1. The Kier molecular flexibility index (Phi) is 8.15. The molecule has 0 radical (unpaired) electrons. The minimum absolute atomic E-state index is 0.00156. The number of hydrogen-bond acceptors (Lipinski definition) is 3. The van der Waals surface area contributed by atoms with Crippen molar-refractivity contribution < 1.29 is 35.9 Å². The van der Waals surface area contributed by atoms with Gasteiger partial charge < -0.3 is 10.2 Å². The molecule has 1 aromatic carbocycles. The van der Waals surface area contributed by atoms with E-state index in [1.165, 1.54) is 0 Å². The average Bonchev–Trinajstić information content (AvgIpc) is 2.77. The summed E-state index contributed by atoms with van der Waals surface area (Å²) < 4.78 is 78.1. The number of halogens is 6. The molecule has 0 aliphatic carbocycles. The molecule has 2 aliphatic heterocycles. The number of rotatable bonds is 5. The molecule has 2 amide bonds.